The van der Waals surface area contributed by atoms with Gasteiger partial charge < -0.3 is 0 Å². The van der Waals surface area contributed by atoms with Crippen LogP contribution in [0.15, 0.2) is 16.3 Å². The molecule has 2 N–H and O–H groups in total. The summed E-state index contributed by atoms with van der Waals surface area (Å²) in [6, 6.07) is 2.86. The van der Waals surface area contributed by atoms with Gasteiger partial charge in [0.25, 0.3) is 0 Å². The van der Waals surface area contributed by atoms with E-state index < -0.39 is 15.4 Å². The highest BCUT2D eigenvalue weighted by Gasteiger charge is 2.25. The monoisotopic (exact) mass is 247 g/mol. The molecule has 0 saturated carbocycles. The Labute approximate surface area is 93.2 Å². The second-order valence-electron chi connectivity index (χ2n) is 4.24. The number of primary sulfonamides is 1. The molecule has 0 spiro atoms. The number of hydrogen-bond donors (Lipinski definition) is 1. The van der Waals surface area contributed by atoms with Crippen LogP contribution in [0.4, 0.5) is 0 Å². The molecule has 0 amide bonds. The molecule has 0 aliphatic carbocycles. The molecule has 0 saturated heterocycles. The number of hydrogen-bond acceptors (Lipinski definition) is 4. The normalized spacial score (nSPS) is 12.8. The fourth-order valence-electron chi connectivity index (χ4n) is 0.965. The lowest BCUT2D eigenvalue weighted by Crippen LogP contribution is -2.18. The van der Waals surface area contributed by atoms with Crippen molar-refractivity contribution in [3.63, 3.8) is 0 Å². The number of Topliss-reactive ketones (excluding diaryl/α,β-unsaturated/α-hetero) is 1. The minimum atomic E-state index is -3.69. The van der Waals surface area contributed by atoms with Crippen LogP contribution in [0.5, 0.6) is 0 Å². The highest BCUT2D eigenvalue weighted by Crippen LogP contribution is 2.27. The van der Waals surface area contributed by atoms with E-state index in [4.69, 9.17) is 5.14 Å². The van der Waals surface area contributed by atoms with E-state index in [2.05, 4.69) is 0 Å². The molecule has 0 aliphatic rings. The second kappa shape index (κ2) is 3.70. The van der Waals surface area contributed by atoms with Crippen molar-refractivity contribution in [3.05, 3.63) is 17.0 Å². The van der Waals surface area contributed by atoms with Gasteiger partial charge in [0.05, 0.1) is 4.88 Å². The van der Waals surface area contributed by atoms with Crippen LogP contribution in [-0.2, 0) is 10.0 Å². The van der Waals surface area contributed by atoms with E-state index in [9.17, 15) is 13.2 Å². The molecular formula is C9H13NO3S2. The number of sulfonamides is 1. The van der Waals surface area contributed by atoms with Crippen molar-refractivity contribution in [2.75, 3.05) is 0 Å². The zero-order valence-electron chi connectivity index (χ0n) is 8.77. The summed E-state index contributed by atoms with van der Waals surface area (Å²) in [6.07, 6.45) is 0. The smallest absolute Gasteiger partial charge is 0.247 e. The van der Waals surface area contributed by atoms with Crippen LogP contribution in [0.2, 0.25) is 0 Å². The molecule has 0 fully saturated rings. The van der Waals surface area contributed by atoms with Crippen LogP contribution in [0, 0.1) is 5.41 Å². The zero-order chi connectivity index (χ0) is 11.9. The summed E-state index contributed by atoms with van der Waals surface area (Å²) in [5.41, 5.74) is -0.513. The Morgan fingerprint density at radius 2 is 1.87 bits per heavy atom. The molecule has 1 aromatic rings. The van der Waals surface area contributed by atoms with Gasteiger partial charge in [-0.25, -0.2) is 13.6 Å². The van der Waals surface area contributed by atoms with Crippen molar-refractivity contribution in [3.8, 4) is 0 Å². The number of rotatable bonds is 2. The molecule has 1 aromatic heterocycles. The van der Waals surface area contributed by atoms with Crippen molar-refractivity contribution in [1.82, 2.24) is 0 Å². The highest BCUT2D eigenvalue weighted by atomic mass is 32.2. The van der Waals surface area contributed by atoms with Gasteiger partial charge in [-0.15, -0.1) is 11.3 Å². The minimum absolute atomic E-state index is 0.0232. The van der Waals surface area contributed by atoms with Crippen molar-refractivity contribution in [2.45, 2.75) is 25.0 Å². The van der Waals surface area contributed by atoms with Crippen LogP contribution in [0.25, 0.3) is 0 Å². The third-order valence-electron chi connectivity index (χ3n) is 1.77. The SMILES string of the molecule is CC(C)(C)C(=O)c1ccc(S(N)(=O)=O)s1. The van der Waals surface area contributed by atoms with E-state index >= 15 is 0 Å². The van der Waals surface area contributed by atoms with Crippen molar-refractivity contribution >= 4 is 27.1 Å². The first-order chi connectivity index (χ1) is 6.62. The molecule has 0 aromatic carbocycles. The summed E-state index contributed by atoms with van der Waals surface area (Å²) in [7, 11) is -3.69. The number of ketones is 1. The fourth-order valence-corrected chi connectivity index (χ4v) is 2.84. The molecule has 0 aliphatic heterocycles. The number of thiophene rings is 1. The average Bonchev–Trinajstić information content (AvgIpc) is 2.47. The first-order valence-electron chi connectivity index (χ1n) is 4.30. The van der Waals surface area contributed by atoms with E-state index in [0.29, 0.717) is 4.88 Å². The molecule has 1 heterocycles. The summed E-state index contributed by atoms with van der Waals surface area (Å²) in [6.45, 7) is 5.35. The fraction of sp³-hybridized carbons (Fsp3) is 0.444. The van der Waals surface area contributed by atoms with Gasteiger partial charge in [-0.3, -0.25) is 4.79 Å². The van der Waals surface area contributed by atoms with Gasteiger partial charge in [0, 0.05) is 5.41 Å². The molecule has 0 radical (unpaired) electrons. The van der Waals surface area contributed by atoms with Crippen LogP contribution in [0.3, 0.4) is 0 Å². The van der Waals surface area contributed by atoms with Gasteiger partial charge in [0.1, 0.15) is 4.21 Å². The molecule has 0 bridgehead atoms. The molecule has 0 atom stereocenters. The molecule has 84 valence electrons. The Hall–Kier alpha value is -0.720. The topological polar surface area (TPSA) is 77.2 Å². The van der Waals surface area contributed by atoms with Crippen molar-refractivity contribution in [1.29, 1.82) is 0 Å². The predicted molar refractivity (Wildman–Crippen MR) is 59.5 cm³/mol. The lowest BCUT2D eigenvalue weighted by Gasteiger charge is -2.14. The Kier molecular flexibility index (Phi) is 3.04. The quantitative estimate of drug-likeness (QED) is 0.807. The average molecular weight is 247 g/mol. The van der Waals surface area contributed by atoms with E-state index in [1.807, 2.05) is 0 Å². The molecule has 6 heteroatoms. The standard InChI is InChI=1S/C9H13NO3S2/c1-9(2,3)8(11)6-4-5-7(14-6)15(10,12)13/h4-5H,1-3H3,(H2,10,12,13). The summed E-state index contributed by atoms with van der Waals surface area (Å²) < 4.78 is 22.0. The first kappa shape index (κ1) is 12.4. The molecule has 4 nitrogen and oxygen atoms in total. The largest absolute Gasteiger partial charge is 0.293 e. The van der Waals surface area contributed by atoms with Crippen molar-refractivity contribution in [2.24, 2.45) is 10.6 Å². The van der Waals surface area contributed by atoms with Crippen molar-refractivity contribution < 1.29 is 13.2 Å². The summed E-state index contributed by atoms with van der Waals surface area (Å²) in [5, 5.41) is 4.95. The van der Waals surface area contributed by atoms with Crippen LogP contribution >= 0.6 is 11.3 Å². The number of carbonyl (C=O) groups is 1. The second-order valence-corrected chi connectivity index (χ2v) is 7.11. The Morgan fingerprint density at radius 1 is 1.33 bits per heavy atom. The first-order valence-corrected chi connectivity index (χ1v) is 6.66. The van der Waals surface area contributed by atoms with E-state index in [1.165, 1.54) is 12.1 Å². The van der Waals surface area contributed by atoms with Gasteiger partial charge in [-0.05, 0) is 12.1 Å². The maximum Gasteiger partial charge on any atom is 0.247 e. The molecular weight excluding hydrogens is 234 g/mol. The third-order valence-corrected chi connectivity index (χ3v) is 4.29. The van der Waals surface area contributed by atoms with Gasteiger partial charge >= 0.3 is 0 Å². The highest BCUT2D eigenvalue weighted by molar-refractivity contribution is 7.91. The van der Waals surface area contributed by atoms with E-state index in [-0.39, 0.29) is 9.99 Å². The molecule has 0 unspecified atom stereocenters. The van der Waals surface area contributed by atoms with Crippen LogP contribution < -0.4 is 5.14 Å². The summed E-state index contributed by atoms with van der Waals surface area (Å²) in [4.78, 5) is 12.2. The van der Waals surface area contributed by atoms with Gasteiger partial charge in [-0.1, -0.05) is 20.8 Å². The lowest BCUT2D eigenvalue weighted by molar-refractivity contribution is 0.0863. The predicted octanol–water partition coefficient (Wildman–Crippen LogP) is 1.62. The van der Waals surface area contributed by atoms with E-state index in [0.717, 1.165) is 11.3 Å². The van der Waals surface area contributed by atoms with Crippen LogP contribution in [-0.4, -0.2) is 14.2 Å². The molecule has 15 heavy (non-hydrogen) atoms. The molecule has 1 rings (SSSR count). The van der Waals surface area contributed by atoms with Gasteiger partial charge in [0.2, 0.25) is 10.0 Å². The van der Waals surface area contributed by atoms with E-state index in [1.54, 1.807) is 20.8 Å². The Bertz CT molecular complexity index is 480. The maximum atomic E-state index is 11.8. The minimum Gasteiger partial charge on any atom is -0.293 e. The zero-order valence-corrected chi connectivity index (χ0v) is 10.4. The Balaban J connectivity index is 3.12. The van der Waals surface area contributed by atoms with Gasteiger partial charge in [-0.2, -0.15) is 0 Å². The maximum absolute atomic E-state index is 11.8. The summed E-state index contributed by atoms with van der Waals surface area (Å²) in [5.74, 6) is -0.0811. The summed E-state index contributed by atoms with van der Waals surface area (Å²) >= 11 is 0.912. The third kappa shape index (κ3) is 2.87. The Morgan fingerprint density at radius 3 is 2.20 bits per heavy atom. The van der Waals surface area contributed by atoms with Crippen LogP contribution in [0.1, 0.15) is 30.4 Å². The number of carbonyl (C=O) groups excluding carboxylic acids is 1. The van der Waals surface area contributed by atoms with Gasteiger partial charge in [0.15, 0.2) is 5.78 Å². The number of nitrogens with two attached hydrogens (primary N) is 1. The lowest BCUT2D eigenvalue weighted by atomic mass is 9.90.